The van der Waals surface area contributed by atoms with Crippen molar-refractivity contribution in [1.29, 1.82) is 0 Å². The molecule has 0 saturated heterocycles. The molecule has 0 fully saturated rings. The fraction of sp³-hybridized carbons (Fsp3) is 0.136. The number of para-hydroxylation sites is 2. The molecule has 1 N–H and O–H groups in total. The van der Waals surface area contributed by atoms with E-state index in [4.69, 9.17) is 9.47 Å². The van der Waals surface area contributed by atoms with E-state index < -0.39 is 10.0 Å². The summed E-state index contributed by atoms with van der Waals surface area (Å²) in [5.74, 6) is 0.0528. The van der Waals surface area contributed by atoms with E-state index in [0.29, 0.717) is 17.1 Å². The molecule has 0 bridgehead atoms. The van der Waals surface area contributed by atoms with E-state index in [2.05, 4.69) is 5.32 Å². The number of benzene rings is 3. The predicted octanol–water partition coefficient (Wildman–Crippen LogP) is 4.65. The number of anilines is 3. The van der Waals surface area contributed by atoms with Crippen molar-refractivity contribution in [3.05, 3.63) is 60.7 Å². The van der Waals surface area contributed by atoms with E-state index in [0.717, 1.165) is 9.79 Å². The normalized spacial score (nSPS) is 12.5. The number of fused-ring (bicyclic) bond motifs is 2. The van der Waals surface area contributed by atoms with E-state index in [-0.39, 0.29) is 22.2 Å². The Morgan fingerprint density at radius 3 is 1.97 bits per heavy atom. The third-order valence-corrected chi connectivity index (χ3v) is 7.58. The van der Waals surface area contributed by atoms with Gasteiger partial charge in [0.15, 0.2) is 0 Å². The number of hydrogen-bond acceptors (Lipinski definition) is 6. The lowest BCUT2D eigenvalue weighted by atomic mass is 10.2. The van der Waals surface area contributed by atoms with E-state index in [1.54, 1.807) is 24.3 Å². The van der Waals surface area contributed by atoms with Crippen LogP contribution in [0.5, 0.6) is 11.5 Å². The number of carbonyl (C=O) groups is 1. The molecule has 0 unspecified atom stereocenters. The summed E-state index contributed by atoms with van der Waals surface area (Å²) >= 11 is 1.51. The zero-order valence-corrected chi connectivity index (χ0v) is 18.7. The van der Waals surface area contributed by atoms with E-state index in [1.807, 2.05) is 24.3 Å². The Bertz CT molecular complexity index is 1230. The van der Waals surface area contributed by atoms with Gasteiger partial charge in [-0.05, 0) is 30.3 Å². The number of sulfonamides is 1. The van der Waals surface area contributed by atoms with Crippen molar-refractivity contribution in [2.24, 2.45) is 0 Å². The molecule has 160 valence electrons. The average Bonchev–Trinajstić information content (AvgIpc) is 2.76. The Balaban J connectivity index is 1.97. The monoisotopic (exact) mass is 456 g/mol. The van der Waals surface area contributed by atoms with Gasteiger partial charge >= 0.3 is 0 Å². The summed E-state index contributed by atoms with van der Waals surface area (Å²) in [7, 11) is -1.30. The number of rotatable bonds is 5. The van der Waals surface area contributed by atoms with E-state index >= 15 is 0 Å². The number of ether oxygens (including phenoxy) is 2. The van der Waals surface area contributed by atoms with Gasteiger partial charge in [0.05, 0.1) is 31.3 Å². The van der Waals surface area contributed by atoms with Crippen LogP contribution in [0.25, 0.3) is 0 Å². The van der Waals surface area contributed by atoms with Gasteiger partial charge in [0, 0.05) is 22.8 Å². The van der Waals surface area contributed by atoms with Crippen LogP contribution in [0.2, 0.25) is 0 Å². The minimum atomic E-state index is -4.13. The molecule has 3 aromatic carbocycles. The van der Waals surface area contributed by atoms with Crippen LogP contribution in [0, 0.1) is 0 Å². The van der Waals surface area contributed by atoms with Gasteiger partial charge in [-0.3, -0.25) is 4.79 Å². The van der Waals surface area contributed by atoms with Gasteiger partial charge in [0.25, 0.3) is 10.0 Å². The Morgan fingerprint density at radius 1 is 0.903 bits per heavy atom. The summed E-state index contributed by atoms with van der Waals surface area (Å²) < 4.78 is 40.0. The highest BCUT2D eigenvalue weighted by Crippen LogP contribution is 2.51. The lowest BCUT2D eigenvalue weighted by Crippen LogP contribution is -2.29. The highest BCUT2D eigenvalue weighted by molar-refractivity contribution is 8.00. The number of carbonyl (C=O) groups excluding carboxylic acids is 1. The van der Waals surface area contributed by atoms with Crippen LogP contribution in [0.15, 0.2) is 75.4 Å². The molecule has 31 heavy (non-hydrogen) atoms. The van der Waals surface area contributed by atoms with Crippen LogP contribution in [0.3, 0.4) is 0 Å². The number of hydrogen-bond donors (Lipinski definition) is 1. The molecule has 4 rings (SSSR count). The first-order valence-electron chi connectivity index (χ1n) is 9.31. The largest absolute Gasteiger partial charge is 0.495 e. The molecule has 0 atom stereocenters. The van der Waals surface area contributed by atoms with Gasteiger partial charge in [-0.1, -0.05) is 36.0 Å². The molecule has 1 aliphatic heterocycles. The second-order valence-corrected chi connectivity index (χ2v) is 9.53. The molecule has 0 saturated carbocycles. The first-order valence-corrected chi connectivity index (χ1v) is 11.6. The topological polar surface area (TPSA) is 84.9 Å². The number of nitrogens with zero attached hydrogens (tertiary/aromatic N) is 1. The minimum Gasteiger partial charge on any atom is -0.495 e. The Hall–Kier alpha value is -3.17. The predicted molar refractivity (Wildman–Crippen MR) is 120 cm³/mol. The highest BCUT2D eigenvalue weighted by Gasteiger charge is 2.36. The van der Waals surface area contributed by atoms with Crippen molar-refractivity contribution in [2.75, 3.05) is 23.8 Å². The summed E-state index contributed by atoms with van der Waals surface area (Å²) in [4.78, 5) is 13.2. The molecule has 3 aromatic rings. The molecule has 1 aliphatic rings. The zero-order valence-electron chi connectivity index (χ0n) is 17.1. The molecular weight excluding hydrogens is 436 g/mol. The molecule has 0 radical (unpaired) electrons. The molecule has 1 amide bonds. The molecule has 0 aliphatic carbocycles. The molecule has 0 aromatic heterocycles. The van der Waals surface area contributed by atoms with Crippen LogP contribution >= 0.6 is 11.8 Å². The lowest BCUT2D eigenvalue weighted by molar-refractivity contribution is -0.114. The number of nitrogens with one attached hydrogen (secondary N) is 1. The first-order chi connectivity index (χ1) is 14.9. The van der Waals surface area contributed by atoms with Crippen LogP contribution in [0.1, 0.15) is 6.92 Å². The molecule has 1 heterocycles. The van der Waals surface area contributed by atoms with Crippen LogP contribution in [-0.2, 0) is 14.8 Å². The second kappa shape index (κ2) is 8.16. The third-order valence-electron chi connectivity index (χ3n) is 4.70. The maximum absolute atomic E-state index is 14.0. The fourth-order valence-corrected chi connectivity index (χ4v) is 6.26. The molecule has 0 spiro atoms. The Kier molecular flexibility index (Phi) is 5.55. The van der Waals surface area contributed by atoms with Crippen molar-refractivity contribution < 1.29 is 22.7 Å². The van der Waals surface area contributed by atoms with Crippen molar-refractivity contribution in [2.45, 2.75) is 21.6 Å². The maximum Gasteiger partial charge on any atom is 0.272 e. The maximum atomic E-state index is 14.0. The van der Waals surface area contributed by atoms with Crippen LogP contribution in [0.4, 0.5) is 17.1 Å². The van der Waals surface area contributed by atoms with Gasteiger partial charge in [0.2, 0.25) is 5.91 Å². The Morgan fingerprint density at radius 2 is 1.45 bits per heavy atom. The zero-order chi connectivity index (χ0) is 22.2. The summed E-state index contributed by atoms with van der Waals surface area (Å²) in [6.45, 7) is 1.34. The highest BCUT2D eigenvalue weighted by atomic mass is 32.2. The third kappa shape index (κ3) is 3.70. The summed E-state index contributed by atoms with van der Waals surface area (Å²) in [6, 6.07) is 17.4. The SMILES string of the molecule is COc1cc(OC)c(S(=O)(=O)N2c3ccccc3Sc3ccccc32)cc1NC(C)=O. The molecule has 9 heteroatoms. The van der Waals surface area contributed by atoms with Gasteiger partial charge in [-0.2, -0.15) is 0 Å². The van der Waals surface area contributed by atoms with E-state index in [1.165, 1.54) is 49.3 Å². The summed E-state index contributed by atoms with van der Waals surface area (Å²) in [6.07, 6.45) is 0. The van der Waals surface area contributed by atoms with Crippen molar-refractivity contribution >= 4 is 44.8 Å². The van der Waals surface area contributed by atoms with Crippen LogP contribution in [-0.4, -0.2) is 28.5 Å². The molecule has 7 nitrogen and oxygen atoms in total. The van der Waals surface area contributed by atoms with Gasteiger partial charge in [-0.15, -0.1) is 0 Å². The molecular formula is C22H20N2O5S2. The average molecular weight is 457 g/mol. The second-order valence-electron chi connectivity index (χ2n) is 6.69. The Labute approximate surface area is 185 Å². The standard InChI is InChI=1S/C22H20N2O5S2/c1-14(25)23-15-12-22(19(29-3)13-18(15)28-2)31(26,27)24-16-8-4-6-10-20(16)30-21-11-7-5-9-17(21)24/h4-13H,1-3H3,(H,23,25). The van der Waals surface area contributed by atoms with Gasteiger partial charge in [0.1, 0.15) is 16.4 Å². The van der Waals surface area contributed by atoms with E-state index in [9.17, 15) is 13.2 Å². The van der Waals surface area contributed by atoms with Crippen molar-refractivity contribution in [1.82, 2.24) is 0 Å². The van der Waals surface area contributed by atoms with Crippen molar-refractivity contribution in [3.8, 4) is 11.5 Å². The first kappa shape index (κ1) is 21.1. The summed E-state index contributed by atoms with van der Waals surface area (Å²) in [5, 5.41) is 2.62. The minimum absolute atomic E-state index is 0.0870. The summed E-state index contributed by atoms with van der Waals surface area (Å²) in [5.41, 5.74) is 1.33. The fourth-order valence-electron chi connectivity index (χ4n) is 3.39. The van der Waals surface area contributed by atoms with Gasteiger partial charge < -0.3 is 14.8 Å². The quantitative estimate of drug-likeness (QED) is 0.601. The smallest absolute Gasteiger partial charge is 0.272 e. The van der Waals surface area contributed by atoms with Gasteiger partial charge in [-0.25, -0.2) is 12.7 Å². The van der Waals surface area contributed by atoms with Crippen LogP contribution < -0.4 is 19.1 Å². The van der Waals surface area contributed by atoms with Crippen molar-refractivity contribution in [3.63, 3.8) is 0 Å². The number of methoxy groups -OCH3 is 2. The lowest BCUT2D eigenvalue weighted by Gasteiger charge is -2.32. The number of amides is 1.